The van der Waals surface area contributed by atoms with E-state index < -0.39 is 0 Å². The van der Waals surface area contributed by atoms with Gasteiger partial charge in [-0.15, -0.1) is 0 Å². The van der Waals surface area contributed by atoms with Crippen molar-refractivity contribution in [3.05, 3.63) is 125 Å². The summed E-state index contributed by atoms with van der Waals surface area (Å²) in [5, 5.41) is 3.36. The van der Waals surface area contributed by atoms with Crippen LogP contribution in [0, 0.1) is 0 Å². The third kappa shape index (κ3) is 5.90. The Morgan fingerprint density at radius 1 is 0.719 bits per heavy atom. The molecule has 4 aromatic rings. The van der Waals surface area contributed by atoms with E-state index >= 15 is 0 Å². The number of benzene rings is 4. The quantitative estimate of drug-likeness (QED) is 0.327. The lowest BCUT2D eigenvalue weighted by Gasteiger charge is -2.13. The van der Waals surface area contributed by atoms with Crippen molar-refractivity contribution in [3.63, 3.8) is 0 Å². The number of hydrogen-bond acceptors (Lipinski definition) is 3. The summed E-state index contributed by atoms with van der Waals surface area (Å²) in [6.07, 6.45) is 0. The highest BCUT2D eigenvalue weighted by atomic mass is 35.5. The van der Waals surface area contributed by atoms with Gasteiger partial charge in [-0.1, -0.05) is 72.3 Å². The Morgan fingerprint density at radius 2 is 1.31 bits per heavy atom. The summed E-state index contributed by atoms with van der Waals surface area (Å²) in [6.45, 7) is 0.841. The fraction of sp³-hybridized carbons (Fsp3) is 0.0741. The molecule has 0 saturated heterocycles. The van der Waals surface area contributed by atoms with Crippen LogP contribution in [0.15, 0.2) is 103 Å². The first-order valence-electron chi connectivity index (χ1n) is 10.2. The van der Waals surface area contributed by atoms with Crippen LogP contribution in [0.5, 0.6) is 11.5 Å². The van der Waals surface area contributed by atoms with Crippen LogP contribution in [0.3, 0.4) is 0 Å². The minimum atomic E-state index is -0.298. The van der Waals surface area contributed by atoms with Crippen molar-refractivity contribution in [2.24, 2.45) is 0 Å². The van der Waals surface area contributed by atoms with Crippen LogP contribution in [0.4, 0.5) is 5.69 Å². The molecule has 5 heteroatoms. The van der Waals surface area contributed by atoms with Gasteiger partial charge in [0.25, 0.3) is 5.91 Å². The topological polar surface area (TPSA) is 47.6 Å². The highest BCUT2D eigenvalue weighted by Gasteiger charge is 2.14. The van der Waals surface area contributed by atoms with E-state index in [1.165, 1.54) is 0 Å². The molecular formula is C27H22ClNO3. The van der Waals surface area contributed by atoms with E-state index in [2.05, 4.69) is 5.32 Å². The van der Waals surface area contributed by atoms with Crippen LogP contribution >= 0.6 is 11.6 Å². The lowest BCUT2D eigenvalue weighted by molar-refractivity contribution is 0.102. The molecule has 1 N–H and O–H groups in total. The zero-order chi connectivity index (χ0) is 22.2. The second-order valence-electron chi connectivity index (χ2n) is 7.17. The highest BCUT2D eigenvalue weighted by Crippen LogP contribution is 2.26. The third-order valence-corrected chi connectivity index (χ3v) is 5.02. The molecule has 0 unspecified atom stereocenters. The molecule has 1 amide bonds. The average Bonchev–Trinajstić information content (AvgIpc) is 2.84. The number of carbonyl (C=O) groups is 1. The lowest BCUT2D eigenvalue weighted by Crippen LogP contribution is -2.13. The van der Waals surface area contributed by atoms with Crippen molar-refractivity contribution >= 4 is 23.2 Å². The van der Waals surface area contributed by atoms with Crippen molar-refractivity contribution in [2.75, 3.05) is 5.32 Å². The minimum absolute atomic E-state index is 0.298. The van der Waals surface area contributed by atoms with Crippen molar-refractivity contribution in [1.82, 2.24) is 0 Å². The summed E-state index contributed by atoms with van der Waals surface area (Å²) >= 11 is 6.14. The number of anilines is 1. The maximum Gasteiger partial charge on any atom is 0.259 e. The number of ether oxygens (including phenoxy) is 2. The Bertz CT molecular complexity index is 1160. The average molecular weight is 444 g/mol. The lowest BCUT2D eigenvalue weighted by atomic mass is 10.1. The predicted octanol–water partition coefficient (Wildman–Crippen LogP) is 6.75. The van der Waals surface area contributed by atoms with E-state index in [9.17, 15) is 4.79 Å². The van der Waals surface area contributed by atoms with Gasteiger partial charge in [0.05, 0.1) is 5.56 Å². The van der Waals surface area contributed by atoms with Gasteiger partial charge in [0.2, 0.25) is 0 Å². The molecule has 4 nitrogen and oxygen atoms in total. The second kappa shape index (κ2) is 10.5. The third-order valence-electron chi connectivity index (χ3n) is 4.78. The fourth-order valence-corrected chi connectivity index (χ4v) is 3.29. The molecular weight excluding hydrogens is 422 g/mol. The number of nitrogens with one attached hydrogen (secondary N) is 1. The number of halogens is 1. The maximum atomic E-state index is 12.9. The van der Waals surface area contributed by atoms with Crippen molar-refractivity contribution in [1.29, 1.82) is 0 Å². The Morgan fingerprint density at radius 3 is 1.94 bits per heavy atom. The summed E-state index contributed by atoms with van der Waals surface area (Å²) in [5.74, 6) is 0.897. The fourth-order valence-electron chi connectivity index (χ4n) is 3.11. The molecule has 0 spiro atoms. The normalized spacial score (nSPS) is 10.4. The Balaban J connectivity index is 1.40. The Kier molecular flexibility index (Phi) is 7.05. The van der Waals surface area contributed by atoms with Gasteiger partial charge >= 0.3 is 0 Å². The predicted molar refractivity (Wildman–Crippen MR) is 127 cm³/mol. The van der Waals surface area contributed by atoms with Crippen LogP contribution in [0.25, 0.3) is 0 Å². The number of carbonyl (C=O) groups excluding carboxylic acids is 1. The van der Waals surface area contributed by atoms with Gasteiger partial charge < -0.3 is 14.8 Å². The second-order valence-corrected chi connectivity index (χ2v) is 7.60. The minimum Gasteiger partial charge on any atom is -0.489 e. The van der Waals surface area contributed by atoms with Crippen LogP contribution in [0.1, 0.15) is 21.5 Å². The van der Waals surface area contributed by atoms with E-state index in [0.29, 0.717) is 35.2 Å². The molecule has 32 heavy (non-hydrogen) atoms. The molecule has 4 rings (SSSR count). The first-order chi connectivity index (χ1) is 15.7. The Hall–Kier alpha value is -3.76. The van der Waals surface area contributed by atoms with E-state index in [1.807, 2.05) is 72.8 Å². The summed E-state index contributed by atoms with van der Waals surface area (Å²) in [6, 6.07) is 32.0. The van der Waals surface area contributed by atoms with Gasteiger partial charge in [-0.25, -0.2) is 0 Å². The van der Waals surface area contributed by atoms with E-state index in [1.54, 1.807) is 30.3 Å². The number of hydrogen-bond donors (Lipinski definition) is 1. The molecule has 0 bridgehead atoms. The molecule has 160 valence electrons. The van der Waals surface area contributed by atoms with E-state index in [0.717, 1.165) is 16.9 Å². The smallest absolute Gasteiger partial charge is 0.259 e. The van der Waals surface area contributed by atoms with Crippen LogP contribution < -0.4 is 14.8 Å². The van der Waals surface area contributed by atoms with Gasteiger partial charge in [-0.05, 0) is 53.6 Å². The van der Waals surface area contributed by atoms with E-state index in [-0.39, 0.29) is 5.91 Å². The highest BCUT2D eigenvalue weighted by molar-refractivity contribution is 6.31. The standard InChI is InChI=1S/C27H22ClNO3/c28-22-11-16-26(32-19-21-9-5-2-6-10-21)25(17-22)27(30)29-23-12-14-24(15-13-23)31-18-20-7-3-1-4-8-20/h1-17H,18-19H2,(H,29,30). The summed E-state index contributed by atoms with van der Waals surface area (Å²) in [5.41, 5.74) is 3.13. The van der Waals surface area contributed by atoms with Crippen LogP contribution in [0.2, 0.25) is 5.02 Å². The van der Waals surface area contributed by atoms with Gasteiger partial charge in [0, 0.05) is 10.7 Å². The molecule has 0 aromatic heterocycles. The summed E-state index contributed by atoms with van der Waals surface area (Å²) in [7, 11) is 0. The summed E-state index contributed by atoms with van der Waals surface area (Å²) < 4.78 is 11.7. The molecule has 0 atom stereocenters. The van der Waals surface area contributed by atoms with Gasteiger partial charge in [-0.2, -0.15) is 0 Å². The Labute approximate surface area is 192 Å². The first-order valence-corrected chi connectivity index (χ1v) is 10.6. The molecule has 0 fully saturated rings. The molecule has 0 saturated carbocycles. The zero-order valence-corrected chi connectivity index (χ0v) is 18.1. The maximum absolute atomic E-state index is 12.9. The number of rotatable bonds is 8. The van der Waals surface area contributed by atoms with Gasteiger partial charge in [0.1, 0.15) is 24.7 Å². The first kappa shape index (κ1) is 21.5. The van der Waals surface area contributed by atoms with Crippen molar-refractivity contribution in [2.45, 2.75) is 13.2 Å². The number of amides is 1. The van der Waals surface area contributed by atoms with Crippen molar-refractivity contribution < 1.29 is 14.3 Å². The van der Waals surface area contributed by atoms with Crippen molar-refractivity contribution in [3.8, 4) is 11.5 Å². The summed E-state index contributed by atoms with van der Waals surface area (Å²) in [4.78, 5) is 12.9. The molecule has 0 aliphatic heterocycles. The molecule has 0 aliphatic rings. The monoisotopic (exact) mass is 443 g/mol. The van der Waals surface area contributed by atoms with E-state index in [4.69, 9.17) is 21.1 Å². The zero-order valence-electron chi connectivity index (χ0n) is 17.3. The van der Waals surface area contributed by atoms with Crippen LogP contribution in [-0.4, -0.2) is 5.91 Å². The van der Waals surface area contributed by atoms with Crippen LogP contribution in [-0.2, 0) is 13.2 Å². The molecule has 0 radical (unpaired) electrons. The van der Waals surface area contributed by atoms with Gasteiger partial charge in [-0.3, -0.25) is 4.79 Å². The molecule has 0 aliphatic carbocycles. The SMILES string of the molecule is O=C(Nc1ccc(OCc2ccccc2)cc1)c1cc(Cl)ccc1OCc1ccccc1. The largest absolute Gasteiger partial charge is 0.489 e. The molecule has 4 aromatic carbocycles. The van der Waals surface area contributed by atoms with Gasteiger partial charge in [0.15, 0.2) is 0 Å². The molecule has 0 heterocycles.